The molecule has 0 saturated carbocycles. The summed E-state index contributed by atoms with van der Waals surface area (Å²) < 4.78 is 13.0. The molecule has 1 N–H and O–H groups in total. The van der Waals surface area contributed by atoms with Crippen LogP contribution >= 0.6 is 11.3 Å². The molecule has 1 aromatic carbocycles. The van der Waals surface area contributed by atoms with E-state index in [-0.39, 0.29) is 5.91 Å². The number of rotatable bonds is 5. The van der Waals surface area contributed by atoms with E-state index in [1.54, 1.807) is 19.4 Å². The predicted octanol–water partition coefficient (Wildman–Crippen LogP) is 4.26. The molecule has 0 aliphatic heterocycles. The van der Waals surface area contributed by atoms with Gasteiger partial charge in [0.15, 0.2) is 22.3 Å². The molecule has 0 fully saturated rings. The molecule has 3 aromatic heterocycles. The average Bonchev–Trinajstić information content (AvgIpc) is 3.37. The van der Waals surface area contributed by atoms with Crippen molar-refractivity contribution >= 4 is 39.4 Å². The number of carbonyl (C=O) groups excluding carboxylic acids is 1. The maximum absolute atomic E-state index is 12.3. The first kappa shape index (κ1) is 18.0. The Balaban J connectivity index is 1.50. The molecule has 0 spiro atoms. The third-order valence-electron chi connectivity index (χ3n) is 4.20. The lowest BCUT2D eigenvalue weighted by Gasteiger charge is -1.98. The number of methoxy groups -OCH3 is 1. The number of imidazole rings is 1. The number of anilines is 1. The van der Waals surface area contributed by atoms with Crippen molar-refractivity contribution in [3.05, 3.63) is 54.2 Å². The van der Waals surface area contributed by atoms with Gasteiger partial charge in [0.2, 0.25) is 5.91 Å². The Morgan fingerprint density at radius 2 is 2.25 bits per heavy atom. The molecule has 0 unspecified atom stereocenters. The Hall–Kier alpha value is -3.39. The number of aryl methyl sites for hydroxylation is 2. The number of carbonyl (C=O) groups is 1. The zero-order chi connectivity index (χ0) is 19.7. The van der Waals surface area contributed by atoms with Crippen molar-refractivity contribution in [2.24, 2.45) is 7.05 Å². The van der Waals surface area contributed by atoms with Gasteiger partial charge in [0, 0.05) is 30.9 Å². The summed E-state index contributed by atoms with van der Waals surface area (Å²) in [5.74, 6) is 1.76. The molecule has 0 saturated heterocycles. The molecule has 0 aliphatic rings. The van der Waals surface area contributed by atoms with E-state index >= 15 is 0 Å². The predicted molar refractivity (Wildman–Crippen MR) is 109 cm³/mol. The fraction of sp³-hybridized carbons (Fsp3) is 0.150. The first-order chi connectivity index (χ1) is 13.5. The molecule has 142 valence electrons. The molecule has 4 rings (SSSR count). The minimum atomic E-state index is -0.285. The Bertz CT molecular complexity index is 1190. The number of amides is 1. The van der Waals surface area contributed by atoms with Crippen molar-refractivity contribution in [3.63, 3.8) is 0 Å². The Morgan fingerprint density at radius 3 is 3.00 bits per heavy atom. The van der Waals surface area contributed by atoms with E-state index in [2.05, 4.69) is 15.3 Å². The van der Waals surface area contributed by atoms with Crippen molar-refractivity contribution in [1.82, 2.24) is 14.5 Å². The quantitative estimate of drug-likeness (QED) is 0.512. The molecule has 0 radical (unpaired) electrons. The summed E-state index contributed by atoms with van der Waals surface area (Å²) in [6, 6.07) is 7.50. The minimum absolute atomic E-state index is 0.285. The summed E-state index contributed by atoms with van der Waals surface area (Å²) in [6.45, 7) is 1.90. The van der Waals surface area contributed by atoms with Crippen LogP contribution in [0.25, 0.3) is 27.7 Å². The highest BCUT2D eigenvalue weighted by atomic mass is 32.1. The van der Waals surface area contributed by atoms with Crippen LogP contribution in [0.4, 0.5) is 5.13 Å². The molecule has 0 atom stereocenters. The van der Waals surface area contributed by atoms with Gasteiger partial charge in [0.05, 0.1) is 17.7 Å². The molecule has 0 aliphatic carbocycles. The van der Waals surface area contributed by atoms with Gasteiger partial charge >= 0.3 is 0 Å². The highest BCUT2D eigenvalue weighted by molar-refractivity contribution is 7.19. The van der Waals surface area contributed by atoms with Gasteiger partial charge < -0.3 is 13.7 Å². The number of ether oxygens (including phenoxy) is 1. The number of fused-ring (bicyclic) bond motifs is 1. The van der Waals surface area contributed by atoms with Crippen LogP contribution in [0.5, 0.6) is 5.75 Å². The van der Waals surface area contributed by atoms with Gasteiger partial charge in [-0.05, 0) is 25.1 Å². The molecule has 1 amide bonds. The van der Waals surface area contributed by atoms with Crippen LogP contribution in [0.15, 0.2) is 47.2 Å². The second-order valence-electron chi connectivity index (χ2n) is 6.15. The number of hydrogen-bond donors (Lipinski definition) is 1. The van der Waals surface area contributed by atoms with Crippen molar-refractivity contribution in [3.8, 4) is 16.5 Å². The van der Waals surface area contributed by atoms with Gasteiger partial charge in [-0.2, -0.15) is 0 Å². The number of aromatic nitrogens is 3. The second-order valence-corrected chi connectivity index (χ2v) is 7.14. The number of benzene rings is 1. The van der Waals surface area contributed by atoms with Crippen LogP contribution in [0, 0.1) is 6.92 Å². The zero-order valence-electron chi connectivity index (χ0n) is 15.6. The summed E-state index contributed by atoms with van der Waals surface area (Å²) >= 11 is 1.39. The topological polar surface area (TPSA) is 82.2 Å². The highest BCUT2D eigenvalue weighted by Crippen LogP contribution is 2.31. The summed E-state index contributed by atoms with van der Waals surface area (Å²) in [6.07, 6.45) is 6.64. The zero-order valence-corrected chi connectivity index (χ0v) is 16.4. The summed E-state index contributed by atoms with van der Waals surface area (Å²) in [5.41, 5.74) is 1.48. The Labute approximate surface area is 165 Å². The van der Waals surface area contributed by atoms with Gasteiger partial charge in [0.25, 0.3) is 0 Å². The number of nitrogens with one attached hydrogen (secondary N) is 1. The van der Waals surface area contributed by atoms with E-state index in [0.717, 1.165) is 21.8 Å². The maximum Gasteiger partial charge on any atom is 0.250 e. The maximum atomic E-state index is 12.3. The van der Waals surface area contributed by atoms with Crippen LogP contribution in [-0.4, -0.2) is 27.6 Å². The van der Waals surface area contributed by atoms with E-state index in [1.807, 2.05) is 49.0 Å². The molecule has 8 heteroatoms. The van der Waals surface area contributed by atoms with Crippen LogP contribution in [0.2, 0.25) is 0 Å². The number of hydrogen-bond acceptors (Lipinski definition) is 6. The van der Waals surface area contributed by atoms with Gasteiger partial charge in [-0.3, -0.25) is 10.1 Å². The fourth-order valence-corrected chi connectivity index (χ4v) is 3.85. The third kappa shape index (κ3) is 3.41. The first-order valence-corrected chi connectivity index (χ1v) is 9.37. The number of nitrogens with zero attached hydrogens (tertiary/aromatic N) is 3. The van der Waals surface area contributed by atoms with Gasteiger partial charge in [-0.15, -0.1) is 0 Å². The Kier molecular flexibility index (Phi) is 4.70. The summed E-state index contributed by atoms with van der Waals surface area (Å²) in [7, 11) is 3.51. The first-order valence-electron chi connectivity index (χ1n) is 8.56. The lowest BCUT2D eigenvalue weighted by atomic mass is 10.2. The highest BCUT2D eigenvalue weighted by Gasteiger charge is 2.14. The van der Waals surface area contributed by atoms with E-state index in [0.29, 0.717) is 22.2 Å². The average molecular weight is 394 g/mol. The van der Waals surface area contributed by atoms with Crippen LogP contribution in [0.3, 0.4) is 0 Å². The lowest BCUT2D eigenvalue weighted by molar-refractivity contribution is -0.111. The van der Waals surface area contributed by atoms with Crippen molar-refractivity contribution < 1.29 is 13.9 Å². The molecule has 4 aromatic rings. The SMILES string of the molecule is COc1cccc2cc(/C=C/C(=O)Nc3nc(C)c(-c4nccn4C)s3)oc12. The smallest absolute Gasteiger partial charge is 0.250 e. The molecule has 7 nitrogen and oxygen atoms in total. The van der Waals surface area contributed by atoms with E-state index < -0.39 is 0 Å². The Morgan fingerprint density at radius 1 is 1.39 bits per heavy atom. The number of thiazole rings is 1. The van der Waals surface area contributed by atoms with Crippen LogP contribution in [-0.2, 0) is 11.8 Å². The van der Waals surface area contributed by atoms with Crippen molar-refractivity contribution in [2.45, 2.75) is 6.92 Å². The number of para-hydroxylation sites is 1. The van der Waals surface area contributed by atoms with Gasteiger partial charge in [0.1, 0.15) is 5.76 Å². The van der Waals surface area contributed by atoms with E-state index in [9.17, 15) is 4.79 Å². The molecule has 3 heterocycles. The standard InChI is InChI=1S/C20H18N4O3S/c1-12-18(19-21-9-10-24(19)2)28-20(22-12)23-16(25)8-7-14-11-13-5-4-6-15(26-3)17(13)27-14/h4-11H,1-3H3,(H,22,23,25)/b8-7+. The lowest BCUT2D eigenvalue weighted by Crippen LogP contribution is -2.07. The normalized spacial score (nSPS) is 11.4. The van der Waals surface area contributed by atoms with E-state index in [1.165, 1.54) is 17.4 Å². The van der Waals surface area contributed by atoms with Crippen molar-refractivity contribution in [2.75, 3.05) is 12.4 Å². The monoisotopic (exact) mass is 394 g/mol. The molecular weight excluding hydrogens is 376 g/mol. The second kappa shape index (κ2) is 7.32. The van der Waals surface area contributed by atoms with E-state index in [4.69, 9.17) is 9.15 Å². The fourth-order valence-electron chi connectivity index (χ4n) is 2.85. The largest absolute Gasteiger partial charge is 0.493 e. The van der Waals surface area contributed by atoms with Gasteiger partial charge in [-0.1, -0.05) is 23.5 Å². The summed E-state index contributed by atoms with van der Waals surface area (Å²) in [5, 5.41) is 4.23. The van der Waals surface area contributed by atoms with Gasteiger partial charge in [-0.25, -0.2) is 9.97 Å². The van der Waals surface area contributed by atoms with Crippen molar-refractivity contribution in [1.29, 1.82) is 0 Å². The van der Waals surface area contributed by atoms with Crippen LogP contribution in [0.1, 0.15) is 11.5 Å². The molecular formula is C20H18N4O3S. The third-order valence-corrected chi connectivity index (χ3v) is 5.27. The summed E-state index contributed by atoms with van der Waals surface area (Å²) in [4.78, 5) is 22.0. The molecule has 28 heavy (non-hydrogen) atoms. The molecule has 0 bridgehead atoms. The minimum Gasteiger partial charge on any atom is -0.493 e. The van der Waals surface area contributed by atoms with Crippen LogP contribution < -0.4 is 10.1 Å². The number of furan rings is 1.